The number of carbonyl (C=O) groups excluding carboxylic acids is 1. The molecule has 2 aromatic carbocycles. The van der Waals surface area contributed by atoms with Crippen LogP contribution in [-0.2, 0) is 0 Å². The van der Waals surface area contributed by atoms with E-state index in [0.717, 1.165) is 43.4 Å². The van der Waals surface area contributed by atoms with Gasteiger partial charge in [-0.15, -0.1) is 0 Å². The Hall–Kier alpha value is -1.86. The molecule has 8 heteroatoms. The van der Waals surface area contributed by atoms with Gasteiger partial charge in [0.1, 0.15) is 0 Å². The number of benzene rings is 2. The molecule has 1 N–H and O–H groups in total. The molecule has 0 bridgehead atoms. The number of aryl methyl sites for hydroxylation is 2. The van der Waals surface area contributed by atoms with Gasteiger partial charge in [0.25, 0.3) is 5.91 Å². The molecule has 0 spiro atoms. The maximum atomic E-state index is 12.3. The third-order valence-corrected chi connectivity index (χ3v) is 7.16. The van der Waals surface area contributed by atoms with E-state index in [-0.39, 0.29) is 5.91 Å². The minimum Gasteiger partial charge on any atom is -0.351 e. The first-order valence-corrected chi connectivity index (χ1v) is 11.6. The lowest BCUT2D eigenvalue weighted by molar-refractivity contribution is 0.0948. The Bertz CT molecular complexity index is 1080. The van der Waals surface area contributed by atoms with Gasteiger partial charge in [-0.3, -0.25) is 9.69 Å². The van der Waals surface area contributed by atoms with Crippen LogP contribution in [0, 0.1) is 13.8 Å². The van der Waals surface area contributed by atoms with Crippen LogP contribution in [0.2, 0.25) is 10.0 Å². The molecule has 4 rings (SSSR count). The summed E-state index contributed by atoms with van der Waals surface area (Å²) in [6, 6.07) is 9.29. The highest BCUT2D eigenvalue weighted by molar-refractivity contribution is 7.22. The van der Waals surface area contributed by atoms with E-state index in [1.165, 1.54) is 15.8 Å². The van der Waals surface area contributed by atoms with Gasteiger partial charge in [-0.1, -0.05) is 40.6 Å². The number of amides is 1. The Morgan fingerprint density at radius 3 is 2.63 bits per heavy atom. The van der Waals surface area contributed by atoms with E-state index in [4.69, 9.17) is 28.2 Å². The zero-order valence-corrected chi connectivity index (χ0v) is 19.4. The first-order valence-electron chi connectivity index (χ1n) is 9.99. The first kappa shape index (κ1) is 21.4. The zero-order chi connectivity index (χ0) is 21.3. The molecule has 0 aliphatic carbocycles. The smallest absolute Gasteiger partial charge is 0.252 e. The van der Waals surface area contributed by atoms with E-state index in [1.807, 2.05) is 0 Å². The summed E-state index contributed by atoms with van der Waals surface area (Å²) in [5.41, 5.74) is 4.10. The molecule has 1 aliphatic rings. The van der Waals surface area contributed by atoms with Crippen LogP contribution < -0.4 is 10.2 Å². The Labute approximate surface area is 190 Å². The van der Waals surface area contributed by atoms with Gasteiger partial charge in [0.05, 0.1) is 20.8 Å². The summed E-state index contributed by atoms with van der Waals surface area (Å²) in [7, 11) is 0. The number of fused-ring (bicyclic) bond motifs is 1. The van der Waals surface area contributed by atoms with Crippen LogP contribution in [0.4, 0.5) is 5.13 Å². The Morgan fingerprint density at radius 2 is 1.90 bits per heavy atom. The second kappa shape index (κ2) is 9.10. The molecule has 1 amide bonds. The zero-order valence-electron chi connectivity index (χ0n) is 17.0. The van der Waals surface area contributed by atoms with Crippen molar-refractivity contribution < 1.29 is 4.79 Å². The van der Waals surface area contributed by atoms with E-state index in [1.54, 1.807) is 29.5 Å². The van der Waals surface area contributed by atoms with E-state index in [0.29, 0.717) is 22.2 Å². The summed E-state index contributed by atoms with van der Waals surface area (Å²) in [5, 5.41) is 4.94. The number of hydrogen-bond acceptors (Lipinski definition) is 5. The number of anilines is 1. The fourth-order valence-electron chi connectivity index (χ4n) is 3.76. The highest BCUT2D eigenvalue weighted by atomic mass is 35.5. The number of rotatable bonds is 5. The standard InChI is InChI=1S/C22H24Cl2N4OS/c1-14-11-15(2)20-19(12-14)26-22(30-20)28-9-7-27(8-10-28)6-5-25-21(29)17-4-3-16(23)13-18(17)24/h3-4,11-13H,5-10H2,1-2H3,(H,25,29). The molecule has 0 saturated carbocycles. The average molecular weight is 463 g/mol. The molecular formula is C22H24Cl2N4OS. The van der Waals surface area contributed by atoms with Gasteiger partial charge in [-0.2, -0.15) is 0 Å². The lowest BCUT2D eigenvalue weighted by Gasteiger charge is -2.34. The summed E-state index contributed by atoms with van der Waals surface area (Å²) < 4.78 is 1.28. The minimum absolute atomic E-state index is 0.171. The van der Waals surface area contributed by atoms with Crippen molar-refractivity contribution >= 4 is 55.8 Å². The van der Waals surface area contributed by atoms with Crippen molar-refractivity contribution in [1.29, 1.82) is 0 Å². The van der Waals surface area contributed by atoms with Gasteiger partial charge in [-0.25, -0.2) is 4.98 Å². The quantitative estimate of drug-likeness (QED) is 0.592. The molecule has 0 radical (unpaired) electrons. The van der Waals surface area contributed by atoms with Crippen LogP contribution in [0.3, 0.4) is 0 Å². The van der Waals surface area contributed by atoms with Crippen LogP contribution in [0.15, 0.2) is 30.3 Å². The monoisotopic (exact) mass is 462 g/mol. The maximum Gasteiger partial charge on any atom is 0.252 e. The summed E-state index contributed by atoms with van der Waals surface area (Å²) in [5.74, 6) is -0.171. The van der Waals surface area contributed by atoms with Crippen LogP contribution in [0.5, 0.6) is 0 Å². The van der Waals surface area contributed by atoms with Crippen molar-refractivity contribution in [2.24, 2.45) is 0 Å². The predicted octanol–water partition coefficient (Wildman–Crippen LogP) is 4.77. The number of nitrogens with one attached hydrogen (secondary N) is 1. The molecule has 1 saturated heterocycles. The molecule has 3 aromatic rings. The number of piperazine rings is 1. The molecule has 158 valence electrons. The SMILES string of the molecule is Cc1cc(C)c2sc(N3CCN(CCNC(=O)c4ccc(Cl)cc4Cl)CC3)nc2c1. The van der Waals surface area contributed by atoms with Gasteiger partial charge in [0.15, 0.2) is 5.13 Å². The number of halogens is 2. The second-order valence-corrected chi connectivity index (χ2v) is 9.46. The number of hydrogen-bond donors (Lipinski definition) is 1. The van der Waals surface area contributed by atoms with Crippen molar-refractivity contribution in [1.82, 2.24) is 15.2 Å². The summed E-state index contributed by atoms with van der Waals surface area (Å²) in [4.78, 5) is 21.9. The van der Waals surface area contributed by atoms with Crippen LogP contribution in [0.25, 0.3) is 10.2 Å². The van der Waals surface area contributed by atoms with Crippen molar-refractivity contribution in [2.75, 3.05) is 44.2 Å². The predicted molar refractivity (Wildman–Crippen MR) is 127 cm³/mol. The second-order valence-electron chi connectivity index (χ2n) is 7.64. The van der Waals surface area contributed by atoms with Crippen molar-refractivity contribution in [3.8, 4) is 0 Å². The van der Waals surface area contributed by atoms with Gasteiger partial charge >= 0.3 is 0 Å². The Kier molecular flexibility index (Phi) is 6.48. The van der Waals surface area contributed by atoms with Crippen molar-refractivity contribution in [3.05, 3.63) is 57.1 Å². The molecule has 1 fully saturated rings. The van der Waals surface area contributed by atoms with E-state index < -0.39 is 0 Å². The molecule has 0 unspecified atom stereocenters. The fraction of sp³-hybridized carbons (Fsp3) is 0.364. The largest absolute Gasteiger partial charge is 0.351 e. The van der Waals surface area contributed by atoms with Crippen molar-refractivity contribution in [2.45, 2.75) is 13.8 Å². The van der Waals surface area contributed by atoms with Crippen LogP contribution in [0.1, 0.15) is 21.5 Å². The first-order chi connectivity index (χ1) is 14.4. The molecular weight excluding hydrogens is 439 g/mol. The van der Waals surface area contributed by atoms with Gasteiger partial charge in [-0.05, 0) is 49.2 Å². The van der Waals surface area contributed by atoms with Gasteiger partial charge in [0.2, 0.25) is 0 Å². The topological polar surface area (TPSA) is 48.5 Å². The molecule has 1 aliphatic heterocycles. The lowest BCUT2D eigenvalue weighted by Crippen LogP contribution is -2.48. The van der Waals surface area contributed by atoms with Gasteiger partial charge in [0, 0.05) is 44.3 Å². The van der Waals surface area contributed by atoms with E-state index in [9.17, 15) is 4.79 Å². The van der Waals surface area contributed by atoms with Crippen LogP contribution >= 0.6 is 34.5 Å². The highest BCUT2D eigenvalue weighted by Gasteiger charge is 2.20. The maximum absolute atomic E-state index is 12.3. The summed E-state index contributed by atoms with van der Waals surface area (Å²) in [6.07, 6.45) is 0. The average Bonchev–Trinajstić information content (AvgIpc) is 3.13. The van der Waals surface area contributed by atoms with Gasteiger partial charge < -0.3 is 10.2 Å². The third-order valence-electron chi connectivity index (χ3n) is 5.34. The normalized spacial score (nSPS) is 15.0. The molecule has 30 heavy (non-hydrogen) atoms. The number of nitrogens with zero attached hydrogens (tertiary/aromatic N) is 3. The fourth-order valence-corrected chi connectivity index (χ4v) is 5.32. The molecule has 5 nitrogen and oxygen atoms in total. The summed E-state index contributed by atoms with van der Waals surface area (Å²) >= 11 is 13.8. The number of carbonyl (C=O) groups is 1. The molecule has 2 heterocycles. The van der Waals surface area contributed by atoms with Crippen molar-refractivity contribution in [3.63, 3.8) is 0 Å². The number of thiazole rings is 1. The highest BCUT2D eigenvalue weighted by Crippen LogP contribution is 2.32. The van der Waals surface area contributed by atoms with E-state index in [2.05, 4.69) is 41.1 Å². The molecule has 1 aromatic heterocycles. The third kappa shape index (κ3) is 4.72. The lowest BCUT2D eigenvalue weighted by atomic mass is 10.1. The van der Waals surface area contributed by atoms with E-state index >= 15 is 0 Å². The summed E-state index contributed by atoms with van der Waals surface area (Å²) in [6.45, 7) is 9.44. The van der Waals surface area contributed by atoms with Crippen LogP contribution in [-0.4, -0.2) is 55.1 Å². The Balaban J connectivity index is 1.28. The number of aromatic nitrogens is 1. The molecule has 0 atom stereocenters. The Morgan fingerprint density at radius 1 is 1.13 bits per heavy atom. The minimum atomic E-state index is -0.171.